The van der Waals surface area contributed by atoms with Crippen molar-refractivity contribution in [2.24, 2.45) is 0 Å². The highest BCUT2D eigenvalue weighted by Crippen LogP contribution is 2.26. The second kappa shape index (κ2) is 5.29. The Morgan fingerprint density at radius 3 is 2.92 bits per heavy atom. The summed E-state index contributed by atoms with van der Waals surface area (Å²) in [5.74, 6) is 5.81. The number of nitrogens with one attached hydrogen (secondary N) is 1. The first-order valence-corrected chi connectivity index (χ1v) is 5.31. The maximum atomic E-state index is 5.83. The van der Waals surface area contributed by atoms with Gasteiger partial charge in [0, 0.05) is 10.9 Å². The minimum absolute atomic E-state index is 0.332. The normalized spacial score (nSPS) is 11.9. The Bertz CT molecular complexity index is 321. The molecule has 0 aliphatic rings. The third-order valence-electron chi connectivity index (χ3n) is 1.69. The fourth-order valence-corrected chi connectivity index (χ4v) is 2.04. The summed E-state index contributed by atoms with van der Waals surface area (Å²) in [7, 11) is 0. The highest BCUT2D eigenvalue weighted by atomic mass is 35.5. The zero-order valence-corrected chi connectivity index (χ0v) is 9.30. The van der Waals surface area contributed by atoms with E-state index in [-0.39, 0.29) is 0 Å². The number of thiophene rings is 1. The molecule has 0 spiro atoms. The van der Waals surface area contributed by atoms with Crippen LogP contribution in [0, 0.1) is 11.8 Å². The van der Waals surface area contributed by atoms with E-state index >= 15 is 0 Å². The van der Waals surface area contributed by atoms with Gasteiger partial charge in [-0.1, -0.05) is 17.5 Å². The van der Waals surface area contributed by atoms with Crippen LogP contribution in [0.3, 0.4) is 0 Å². The molecule has 1 unspecified atom stereocenters. The molecule has 0 saturated carbocycles. The molecule has 1 nitrogen and oxygen atoms in total. The smallest absolute Gasteiger partial charge is 0.0931 e. The van der Waals surface area contributed by atoms with E-state index in [4.69, 9.17) is 11.6 Å². The van der Waals surface area contributed by atoms with Gasteiger partial charge in [-0.2, -0.15) is 0 Å². The number of hydrogen-bond donors (Lipinski definition) is 1. The first kappa shape index (κ1) is 10.6. The first-order chi connectivity index (χ1) is 6.24. The van der Waals surface area contributed by atoms with Gasteiger partial charge < -0.3 is 0 Å². The van der Waals surface area contributed by atoms with Crippen molar-refractivity contribution < 1.29 is 0 Å². The van der Waals surface area contributed by atoms with E-state index in [0.29, 0.717) is 6.04 Å². The lowest BCUT2D eigenvalue weighted by molar-refractivity contribution is 0.633. The Labute approximate surface area is 88.1 Å². The molecule has 1 aromatic rings. The average Bonchev–Trinajstić information content (AvgIpc) is 2.52. The lowest BCUT2D eigenvalue weighted by Gasteiger charge is -2.08. The molecule has 70 valence electrons. The van der Waals surface area contributed by atoms with Crippen molar-refractivity contribution >= 4 is 22.9 Å². The van der Waals surface area contributed by atoms with Gasteiger partial charge in [0.2, 0.25) is 0 Å². The lowest BCUT2D eigenvalue weighted by Crippen LogP contribution is -2.17. The molecule has 1 N–H and O–H groups in total. The number of halogens is 1. The van der Waals surface area contributed by atoms with Crippen molar-refractivity contribution in [2.75, 3.05) is 6.54 Å². The molecule has 0 aliphatic carbocycles. The summed E-state index contributed by atoms with van der Waals surface area (Å²) in [6.07, 6.45) is 0. The highest BCUT2D eigenvalue weighted by molar-refractivity contribution is 7.16. The van der Waals surface area contributed by atoms with Crippen LogP contribution in [0.5, 0.6) is 0 Å². The van der Waals surface area contributed by atoms with Gasteiger partial charge in [0.15, 0.2) is 0 Å². The lowest BCUT2D eigenvalue weighted by atomic mass is 10.3. The van der Waals surface area contributed by atoms with Gasteiger partial charge in [0.1, 0.15) is 0 Å². The van der Waals surface area contributed by atoms with Gasteiger partial charge in [-0.15, -0.1) is 17.3 Å². The second-order valence-electron chi connectivity index (χ2n) is 2.67. The van der Waals surface area contributed by atoms with E-state index in [1.165, 1.54) is 4.88 Å². The summed E-state index contributed by atoms with van der Waals surface area (Å²) in [5.41, 5.74) is 0. The second-order valence-corrected chi connectivity index (χ2v) is 4.42. The summed E-state index contributed by atoms with van der Waals surface area (Å²) >= 11 is 7.44. The monoisotopic (exact) mass is 213 g/mol. The molecule has 1 rings (SSSR count). The van der Waals surface area contributed by atoms with Gasteiger partial charge in [0.25, 0.3) is 0 Å². The summed E-state index contributed by atoms with van der Waals surface area (Å²) in [4.78, 5) is 1.25. The molecule has 0 bridgehead atoms. The van der Waals surface area contributed by atoms with E-state index in [9.17, 15) is 0 Å². The molecule has 3 heteroatoms. The zero-order chi connectivity index (χ0) is 9.68. The Morgan fingerprint density at radius 2 is 2.38 bits per heavy atom. The SMILES string of the molecule is CC#CCNC(C)c1ccc(Cl)s1. The maximum absolute atomic E-state index is 5.83. The largest absolute Gasteiger partial charge is 0.299 e. The van der Waals surface area contributed by atoms with Crippen molar-refractivity contribution in [3.63, 3.8) is 0 Å². The predicted octanol–water partition coefficient (Wildman–Crippen LogP) is 3.08. The van der Waals surface area contributed by atoms with E-state index in [1.807, 2.05) is 19.1 Å². The van der Waals surface area contributed by atoms with Crippen LogP contribution in [0.25, 0.3) is 0 Å². The zero-order valence-electron chi connectivity index (χ0n) is 7.73. The molecule has 13 heavy (non-hydrogen) atoms. The van der Waals surface area contributed by atoms with E-state index in [2.05, 4.69) is 24.1 Å². The third kappa shape index (κ3) is 3.40. The molecule has 0 aromatic carbocycles. The fourth-order valence-electron chi connectivity index (χ4n) is 0.954. The van der Waals surface area contributed by atoms with Crippen LogP contribution in [0.15, 0.2) is 12.1 Å². The molecule has 0 radical (unpaired) electrons. The topological polar surface area (TPSA) is 12.0 Å². The van der Waals surface area contributed by atoms with Crippen LogP contribution in [-0.2, 0) is 0 Å². The Hall–Kier alpha value is -0.490. The summed E-state index contributed by atoms with van der Waals surface area (Å²) < 4.78 is 0.838. The van der Waals surface area contributed by atoms with Crippen LogP contribution < -0.4 is 5.32 Å². The molecule has 0 saturated heterocycles. The summed E-state index contributed by atoms with van der Waals surface area (Å²) in [5, 5.41) is 3.29. The van der Waals surface area contributed by atoms with Gasteiger partial charge in [-0.05, 0) is 26.0 Å². The van der Waals surface area contributed by atoms with Gasteiger partial charge >= 0.3 is 0 Å². The molecule has 0 fully saturated rings. The van der Waals surface area contributed by atoms with Gasteiger partial charge in [0.05, 0.1) is 10.9 Å². The Balaban J connectivity index is 2.47. The van der Waals surface area contributed by atoms with Crippen molar-refractivity contribution in [2.45, 2.75) is 19.9 Å². The third-order valence-corrected chi connectivity index (χ3v) is 3.11. The quantitative estimate of drug-likeness (QED) is 0.761. The van der Waals surface area contributed by atoms with E-state index in [1.54, 1.807) is 11.3 Å². The number of hydrogen-bond acceptors (Lipinski definition) is 2. The molecular formula is C10H12ClNS. The predicted molar refractivity (Wildman–Crippen MR) is 59.2 cm³/mol. The Morgan fingerprint density at radius 1 is 1.62 bits per heavy atom. The number of rotatable bonds is 3. The average molecular weight is 214 g/mol. The molecule has 0 aliphatic heterocycles. The van der Waals surface area contributed by atoms with Crippen LogP contribution in [-0.4, -0.2) is 6.54 Å². The van der Waals surface area contributed by atoms with Crippen LogP contribution in [0.2, 0.25) is 4.34 Å². The van der Waals surface area contributed by atoms with Gasteiger partial charge in [-0.3, -0.25) is 5.32 Å². The fraction of sp³-hybridized carbons (Fsp3) is 0.400. The van der Waals surface area contributed by atoms with E-state index < -0.39 is 0 Å². The van der Waals surface area contributed by atoms with Crippen LogP contribution in [0.1, 0.15) is 24.8 Å². The highest BCUT2D eigenvalue weighted by Gasteiger charge is 2.05. The molecular weight excluding hydrogens is 202 g/mol. The maximum Gasteiger partial charge on any atom is 0.0931 e. The molecule has 1 aromatic heterocycles. The first-order valence-electron chi connectivity index (χ1n) is 4.12. The van der Waals surface area contributed by atoms with Crippen molar-refractivity contribution in [3.05, 3.63) is 21.3 Å². The van der Waals surface area contributed by atoms with Crippen LogP contribution in [0.4, 0.5) is 0 Å². The van der Waals surface area contributed by atoms with Crippen molar-refractivity contribution in [3.8, 4) is 11.8 Å². The van der Waals surface area contributed by atoms with E-state index in [0.717, 1.165) is 10.9 Å². The van der Waals surface area contributed by atoms with Gasteiger partial charge in [-0.25, -0.2) is 0 Å². The molecule has 1 atom stereocenters. The summed E-state index contributed by atoms with van der Waals surface area (Å²) in [6.45, 7) is 4.68. The minimum atomic E-state index is 0.332. The Kier molecular flexibility index (Phi) is 4.31. The van der Waals surface area contributed by atoms with Crippen molar-refractivity contribution in [1.29, 1.82) is 0 Å². The van der Waals surface area contributed by atoms with Crippen LogP contribution >= 0.6 is 22.9 Å². The van der Waals surface area contributed by atoms with Crippen molar-refractivity contribution in [1.82, 2.24) is 5.32 Å². The molecule has 1 heterocycles. The minimum Gasteiger partial charge on any atom is -0.299 e. The molecule has 0 amide bonds. The standard InChI is InChI=1S/C10H12ClNS/c1-3-4-7-12-8(2)9-5-6-10(11)13-9/h5-6,8,12H,7H2,1-2H3. The summed E-state index contributed by atoms with van der Waals surface area (Å²) in [6, 6.07) is 4.30.